The zero-order chi connectivity index (χ0) is 13.8. The van der Waals surface area contributed by atoms with E-state index in [0.29, 0.717) is 0 Å². The van der Waals surface area contributed by atoms with Gasteiger partial charge in [0.25, 0.3) is 0 Å². The summed E-state index contributed by atoms with van der Waals surface area (Å²) in [7, 11) is 0. The Morgan fingerprint density at radius 3 is 2.61 bits per heavy atom. The molecule has 1 aromatic heterocycles. The van der Waals surface area contributed by atoms with E-state index in [1.807, 2.05) is 24.4 Å². The van der Waals surface area contributed by atoms with Gasteiger partial charge in [-0.05, 0) is 23.8 Å². The van der Waals surface area contributed by atoms with Crippen molar-refractivity contribution < 1.29 is 14.7 Å². The highest BCUT2D eigenvalue weighted by molar-refractivity contribution is 7.10. The molecule has 5 heteroatoms. The molecule has 0 aliphatic carbocycles. The van der Waals surface area contributed by atoms with Crippen LogP contribution in [0.3, 0.4) is 0 Å². The molecular formula is C13H19NO3S. The number of carboxylic acids is 1. The van der Waals surface area contributed by atoms with E-state index < -0.39 is 11.4 Å². The van der Waals surface area contributed by atoms with Crippen LogP contribution < -0.4 is 5.32 Å². The third kappa shape index (κ3) is 4.87. The molecule has 1 aromatic rings. The van der Waals surface area contributed by atoms with Gasteiger partial charge in [0.2, 0.25) is 5.91 Å². The Bertz CT molecular complexity index is 412. The van der Waals surface area contributed by atoms with Crippen LogP contribution in [0.25, 0.3) is 0 Å². The first-order valence-electron chi connectivity index (χ1n) is 5.85. The minimum absolute atomic E-state index is 0.00615. The Labute approximate surface area is 111 Å². The summed E-state index contributed by atoms with van der Waals surface area (Å²) in [5, 5.41) is 13.6. The van der Waals surface area contributed by atoms with Crippen LogP contribution in [-0.2, 0) is 9.59 Å². The molecule has 0 aliphatic heterocycles. The van der Waals surface area contributed by atoms with E-state index in [2.05, 4.69) is 5.32 Å². The van der Waals surface area contributed by atoms with E-state index in [-0.39, 0.29) is 24.8 Å². The van der Waals surface area contributed by atoms with Gasteiger partial charge in [-0.2, -0.15) is 0 Å². The molecule has 4 nitrogen and oxygen atoms in total. The summed E-state index contributed by atoms with van der Waals surface area (Å²) >= 11 is 1.59. The third-order valence-corrected chi connectivity index (χ3v) is 3.67. The van der Waals surface area contributed by atoms with Gasteiger partial charge < -0.3 is 10.4 Å². The van der Waals surface area contributed by atoms with Crippen molar-refractivity contribution in [2.45, 2.75) is 39.7 Å². The number of hydrogen-bond donors (Lipinski definition) is 2. The number of hydrogen-bond acceptors (Lipinski definition) is 3. The number of amides is 1. The second-order valence-electron chi connectivity index (χ2n) is 5.22. The molecule has 0 spiro atoms. The Hall–Kier alpha value is -1.36. The minimum atomic E-state index is -0.876. The molecule has 1 heterocycles. The molecular weight excluding hydrogens is 250 g/mol. The monoisotopic (exact) mass is 269 g/mol. The van der Waals surface area contributed by atoms with Crippen LogP contribution in [0.1, 0.15) is 44.5 Å². The number of aliphatic carboxylic acids is 1. The SMILES string of the molecule is C[C@H](NC(=O)CC(C)(C)CC(=O)O)c1cccs1. The van der Waals surface area contributed by atoms with Crippen LogP contribution in [0.4, 0.5) is 0 Å². The summed E-state index contributed by atoms with van der Waals surface area (Å²) in [6, 6.07) is 3.88. The quantitative estimate of drug-likeness (QED) is 0.834. The number of carbonyl (C=O) groups excluding carboxylic acids is 1. The van der Waals surface area contributed by atoms with Crippen LogP contribution in [0.2, 0.25) is 0 Å². The van der Waals surface area contributed by atoms with Gasteiger partial charge in [0.1, 0.15) is 0 Å². The number of thiophene rings is 1. The predicted octanol–water partition coefficient (Wildman–Crippen LogP) is 2.82. The van der Waals surface area contributed by atoms with Crippen molar-refractivity contribution in [3.8, 4) is 0 Å². The summed E-state index contributed by atoms with van der Waals surface area (Å²) in [5.41, 5.74) is -0.523. The molecule has 0 saturated heterocycles. The maximum atomic E-state index is 11.8. The lowest BCUT2D eigenvalue weighted by Gasteiger charge is -2.22. The summed E-state index contributed by atoms with van der Waals surface area (Å²) in [6.45, 7) is 5.50. The molecule has 0 saturated carbocycles. The van der Waals surface area contributed by atoms with Crippen molar-refractivity contribution in [2.24, 2.45) is 5.41 Å². The normalized spacial score (nSPS) is 13.1. The highest BCUT2D eigenvalue weighted by Crippen LogP contribution is 2.26. The molecule has 0 aliphatic rings. The van der Waals surface area contributed by atoms with Gasteiger partial charge >= 0.3 is 5.97 Å². The lowest BCUT2D eigenvalue weighted by molar-refractivity contribution is -0.139. The van der Waals surface area contributed by atoms with Crippen LogP contribution >= 0.6 is 11.3 Å². The molecule has 1 atom stereocenters. The fourth-order valence-corrected chi connectivity index (χ4v) is 2.54. The highest BCUT2D eigenvalue weighted by atomic mass is 32.1. The minimum Gasteiger partial charge on any atom is -0.481 e. The molecule has 0 radical (unpaired) electrons. The highest BCUT2D eigenvalue weighted by Gasteiger charge is 2.25. The maximum absolute atomic E-state index is 11.8. The number of rotatable bonds is 6. The molecule has 0 unspecified atom stereocenters. The van der Waals surface area contributed by atoms with E-state index in [4.69, 9.17) is 5.11 Å². The molecule has 2 N–H and O–H groups in total. The lowest BCUT2D eigenvalue weighted by atomic mass is 9.85. The average Bonchev–Trinajstić information content (AvgIpc) is 2.65. The fraction of sp³-hybridized carbons (Fsp3) is 0.538. The van der Waals surface area contributed by atoms with Crippen molar-refractivity contribution in [3.63, 3.8) is 0 Å². The largest absolute Gasteiger partial charge is 0.481 e. The van der Waals surface area contributed by atoms with Crippen LogP contribution in [0.15, 0.2) is 17.5 Å². The van der Waals surface area contributed by atoms with Gasteiger partial charge in [-0.15, -0.1) is 11.3 Å². The second-order valence-corrected chi connectivity index (χ2v) is 6.20. The fourth-order valence-electron chi connectivity index (χ4n) is 1.81. The lowest BCUT2D eigenvalue weighted by Crippen LogP contribution is -2.31. The molecule has 0 bridgehead atoms. The van der Waals surface area contributed by atoms with Gasteiger partial charge in [0.05, 0.1) is 12.5 Å². The molecule has 0 aromatic carbocycles. The van der Waals surface area contributed by atoms with E-state index in [0.717, 1.165) is 4.88 Å². The van der Waals surface area contributed by atoms with Gasteiger partial charge in [-0.1, -0.05) is 19.9 Å². The summed E-state index contributed by atoms with van der Waals surface area (Å²) in [6.07, 6.45) is 0.211. The summed E-state index contributed by atoms with van der Waals surface area (Å²) in [5.74, 6) is -0.985. The Morgan fingerprint density at radius 1 is 1.44 bits per heavy atom. The zero-order valence-corrected chi connectivity index (χ0v) is 11.7. The van der Waals surface area contributed by atoms with E-state index in [9.17, 15) is 9.59 Å². The molecule has 0 fully saturated rings. The standard InChI is InChI=1S/C13H19NO3S/c1-9(10-5-4-6-18-10)14-11(15)7-13(2,3)8-12(16)17/h4-6,9H,7-8H2,1-3H3,(H,14,15)(H,16,17)/t9-/m0/s1. The summed E-state index contributed by atoms with van der Waals surface area (Å²) in [4.78, 5) is 23.6. The topological polar surface area (TPSA) is 66.4 Å². The van der Waals surface area contributed by atoms with E-state index in [1.54, 1.807) is 25.2 Å². The van der Waals surface area contributed by atoms with Crippen LogP contribution in [0, 0.1) is 5.41 Å². The Balaban J connectivity index is 2.49. The Morgan fingerprint density at radius 2 is 2.11 bits per heavy atom. The van der Waals surface area contributed by atoms with Crippen molar-refractivity contribution in [2.75, 3.05) is 0 Å². The van der Waals surface area contributed by atoms with Crippen molar-refractivity contribution in [1.29, 1.82) is 0 Å². The second kappa shape index (κ2) is 6.00. The van der Waals surface area contributed by atoms with Crippen LogP contribution in [-0.4, -0.2) is 17.0 Å². The van der Waals surface area contributed by atoms with Crippen molar-refractivity contribution in [3.05, 3.63) is 22.4 Å². The Kier molecular flexibility index (Phi) is 4.90. The number of carboxylic acid groups (broad SMARTS) is 1. The molecule has 1 amide bonds. The van der Waals surface area contributed by atoms with E-state index >= 15 is 0 Å². The maximum Gasteiger partial charge on any atom is 0.303 e. The van der Waals surface area contributed by atoms with Gasteiger partial charge in [-0.25, -0.2) is 0 Å². The number of nitrogens with one attached hydrogen (secondary N) is 1. The van der Waals surface area contributed by atoms with E-state index in [1.165, 1.54) is 0 Å². The van der Waals surface area contributed by atoms with Crippen molar-refractivity contribution >= 4 is 23.2 Å². The van der Waals surface area contributed by atoms with Gasteiger partial charge in [-0.3, -0.25) is 9.59 Å². The molecule has 18 heavy (non-hydrogen) atoms. The van der Waals surface area contributed by atoms with Gasteiger partial charge in [0.15, 0.2) is 0 Å². The zero-order valence-electron chi connectivity index (χ0n) is 10.9. The predicted molar refractivity (Wildman–Crippen MR) is 71.5 cm³/mol. The first kappa shape index (κ1) is 14.7. The van der Waals surface area contributed by atoms with Gasteiger partial charge in [0, 0.05) is 11.3 Å². The number of carbonyl (C=O) groups is 2. The molecule has 1 rings (SSSR count). The summed E-state index contributed by atoms with van der Waals surface area (Å²) < 4.78 is 0. The first-order valence-corrected chi connectivity index (χ1v) is 6.73. The first-order chi connectivity index (χ1) is 8.30. The van der Waals surface area contributed by atoms with Crippen LogP contribution in [0.5, 0.6) is 0 Å². The van der Waals surface area contributed by atoms with Crippen molar-refractivity contribution in [1.82, 2.24) is 5.32 Å². The molecule has 100 valence electrons. The third-order valence-electron chi connectivity index (χ3n) is 2.62. The average molecular weight is 269 g/mol. The smallest absolute Gasteiger partial charge is 0.303 e.